The highest BCUT2D eigenvalue weighted by molar-refractivity contribution is 5.66. The van der Waals surface area contributed by atoms with E-state index in [1.54, 1.807) is 13.0 Å². The zero-order valence-electron chi connectivity index (χ0n) is 16.0. The molecule has 2 rings (SSSR count). The molecule has 30 heavy (non-hydrogen) atoms. The first-order chi connectivity index (χ1) is 13.6. The molecule has 0 aliphatic heterocycles. The van der Waals surface area contributed by atoms with Crippen LogP contribution in [-0.2, 0) is 17.8 Å². The minimum absolute atomic E-state index is 0.177. The van der Waals surface area contributed by atoms with E-state index in [1.165, 1.54) is 13.0 Å². The van der Waals surface area contributed by atoms with Crippen LogP contribution in [-0.4, -0.2) is 10.2 Å². The molecule has 0 amide bonds. The maximum absolute atomic E-state index is 13.4. The van der Waals surface area contributed by atoms with Gasteiger partial charge in [0.15, 0.2) is 0 Å². The third kappa shape index (κ3) is 4.27. The van der Waals surface area contributed by atoms with E-state index >= 15 is 0 Å². The van der Waals surface area contributed by atoms with E-state index < -0.39 is 51.8 Å². The molecule has 2 aromatic carbocycles. The van der Waals surface area contributed by atoms with Crippen molar-refractivity contribution in [3.63, 3.8) is 0 Å². The second kappa shape index (κ2) is 7.66. The number of nitrogen functional groups attached to an aromatic ring is 2. The molecule has 0 aliphatic rings. The van der Waals surface area contributed by atoms with E-state index in [-0.39, 0.29) is 11.1 Å². The van der Waals surface area contributed by atoms with Crippen LogP contribution in [0.15, 0.2) is 36.4 Å². The summed E-state index contributed by atoms with van der Waals surface area (Å²) in [6.07, 6.45) is -6.46. The minimum atomic E-state index is -4.91. The van der Waals surface area contributed by atoms with Crippen molar-refractivity contribution in [1.29, 1.82) is 0 Å². The van der Waals surface area contributed by atoms with Crippen LogP contribution >= 0.6 is 0 Å². The van der Waals surface area contributed by atoms with E-state index in [4.69, 9.17) is 11.5 Å². The standard InChI is InChI=1S/C20H20F6N2O2/c1-3-4-5-18(2,10-6-12(19(21,22)23)16(27)14(29)8-10)11-7-13(20(24,25)26)17(28)15(30)9-11/h4-9,29-30H,3,27-28H2,1-2H3. The monoisotopic (exact) mass is 434 g/mol. The Kier molecular flexibility index (Phi) is 5.93. The lowest BCUT2D eigenvalue weighted by atomic mass is 9.74. The number of aromatic hydroxyl groups is 2. The molecule has 0 aromatic heterocycles. The fraction of sp³-hybridized carbons (Fsp3) is 0.300. The third-order valence-corrected chi connectivity index (χ3v) is 4.81. The van der Waals surface area contributed by atoms with Gasteiger partial charge in [0.2, 0.25) is 0 Å². The maximum atomic E-state index is 13.4. The van der Waals surface area contributed by atoms with E-state index in [1.807, 2.05) is 0 Å². The number of nitrogens with two attached hydrogens (primary N) is 2. The zero-order chi connectivity index (χ0) is 23.1. The second-order valence-electron chi connectivity index (χ2n) is 6.92. The van der Waals surface area contributed by atoms with Gasteiger partial charge in [0.1, 0.15) is 11.5 Å². The van der Waals surface area contributed by atoms with Gasteiger partial charge in [-0.2, -0.15) is 26.3 Å². The topological polar surface area (TPSA) is 92.5 Å². The van der Waals surface area contributed by atoms with Crippen molar-refractivity contribution in [2.75, 3.05) is 11.5 Å². The Hall–Kier alpha value is -3.04. The summed E-state index contributed by atoms with van der Waals surface area (Å²) < 4.78 is 80.2. The number of allylic oxidation sites excluding steroid dienone is 2. The van der Waals surface area contributed by atoms with Crippen molar-refractivity contribution in [2.24, 2.45) is 0 Å². The van der Waals surface area contributed by atoms with Crippen molar-refractivity contribution in [2.45, 2.75) is 38.0 Å². The number of hydrogen-bond donors (Lipinski definition) is 4. The fourth-order valence-electron chi connectivity index (χ4n) is 3.06. The summed E-state index contributed by atoms with van der Waals surface area (Å²) in [6, 6.07) is 3.22. The highest BCUT2D eigenvalue weighted by Gasteiger charge is 2.39. The predicted molar refractivity (Wildman–Crippen MR) is 101 cm³/mol. The van der Waals surface area contributed by atoms with Crippen LogP contribution in [0.5, 0.6) is 11.5 Å². The van der Waals surface area contributed by atoms with Gasteiger partial charge >= 0.3 is 12.4 Å². The highest BCUT2D eigenvalue weighted by Crippen LogP contribution is 2.46. The number of phenols is 2. The second-order valence-corrected chi connectivity index (χ2v) is 6.92. The van der Waals surface area contributed by atoms with Gasteiger partial charge in [-0.1, -0.05) is 19.1 Å². The van der Waals surface area contributed by atoms with Crippen LogP contribution in [0.2, 0.25) is 0 Å². The molecule has 164 valence electrons. The normalized spacial score (nSPS) is 13.2. The first-order valence-electron chi connectivity index (χ1n) is 8.71. The van der Waals surface area contributed by atoms with Crippen LogP contribution in [0.4, 0.5) is 37.7 Å². The lowest BCUT2D eigenvalue weighted by Crippen LogP contribution is -2.24. The molecule has 2 aromatic rings. The number of rotatable bonds is 4. The average Bonchev–Trinajstić information content (AvgIpc) is 2.61. The largest absolute Gasteiger partial charge is 0.506 e. The van der Waals surface area contributed by atoms with E-state index in [0.717, 1.165) is 12.1 Å². The van der Waals surface area contributed by atoms with Crippen LogP contribution < -0.4 is 11.5 Å². The van der Waals surface area contributed by atoms with Crippen molar-refractivity contribution in [3.05, 3.63) is 58.7 Å². The number of benzene rings is 2. The summed E-state index contributed by atoms with van der Waals surface area (Å²) in [5, 5.41) is 19.9. The number of hydrogen-bond acceptors (Lipinski definition) is 4. The molecule has 10 heteroatoms. The molecule has 0 radical (unpaired) electrons. The molecule has 4 nitrogen and oxygen atoms in total. The summed E-state index contributed by atoms with van der Waals surface area (Å²) >= 11 is 0. The number of anilines is 2. The van der Waals surface area contributed by atoms with Gasteiger partial charge in [0, 0.05) is 5.41 Å². The molecule has 0 atom stereocenters. The predicted octanol–water partition coefficient (Wildman–Crippen LogP) is 5.57. The minimum Gasteiger partial charge on any atom is -0.506 e. The smallest absolute Gasteiger partial charge is 0.418 e. The molecule has 0 saturated carbocycles. The zero-order valence-corrected chi connectivity index (χ0v) is 16.0. The molecule has 0 aliphatic carbocycles. The summed E-state index contributed by atoms with van der Waals surface area (Å²) in [5.74, 6) is -1.74. The van der Waals surface area contributed by atoms with Gasteiger partial charge in [-0.05, 0) is 48.7 Å². The molecular weight excluding hydrogens is 414 g/mol. The highest BCUT2D eigenvalue weighted by atomic mass is 19.4. The molecule has 0 unspecified atom stereocenters. The van der Waals surface area contributed by atoms with Gasteiger partial charge in [0.05, 0.1) is 22.5 Å². The Morgan fingerprint density at radius 1 is 0.800 bits per heavy atom. The Labute approximate surface area is 168 Å². The lowest BCUT2D eigenvalue weighted by molar-refractivity contribution is -0.137. The third-order valence-electron chi connectivity index (χ3n) is 4.81. The van der Waals surface area contributed by atoms with Crippen LogP contribution in [0.25, 0.3) is 0 Å². The van der Waals surface area contributed by atoms with Gasteiger partial charge in [0.25, 0.3) is 0 Å². The number of halogens is 6. The fourth-order valence-corrected chi connectivity index (χ4v) is 3.06. The molecule has 0 fully saturated rings. The Balaban J connectivity index is 2.89. The van der Waals surface area contributed by atoms with E-state index in [9.17, 15) is 36.6 Å². The summed E-state index contributed by atoms with van der Waals surface area (Å²) in [4.78, 5) is 0. The van der Waals surface area contributed by atoms with Crippen molar-refractivity contribution >= 4 is 11.4 Å². The van der Waals surface area contributed by atoms with E-state index in [0.29, 0.717) is 18.6 Å². The molecule has 6 N–H and O–H groups in total. The van der Waals surface area contributed by atoms with Crippen molar-refractivity contribution in [1.82, 2.24) is 0 Å². The Morgan fingerprint density at radius 2 is 1.17 bits per heavy atom. The molecule has 0 saturated heterocycles. The molecule has 0 bridgehead atoms. The maximum Gasteiger partial charge on any atom is 0.418 e. The number of phenolic OH excluding ortho intramolecular Hbond substituents is 2. The van der Waals surface area contributed by atoms with Crippen LogP contribution in [0.1, 0.15) is 42.5 Å². The van der Waals surface area contributed by atoms with Gasteiger partial charge in [-0.3, -0.25) is 0 Å². The van der Waals surface area contributed by atoms with Crippen LogP contribution in [0.3, 0.4) is 0 Å². The summed E-state index contributed by atoms with van der Waals surface area (Å²) in [5.41, 5.74) is 4.30. The van der Waals surface area contributed by atoms with Crippen molar-refractivity contribution < 1.29 is 36.6 Å². The lowest BCUT2D eigenvalue weighted by Gasteiger charge is -2.30. The summed E-state index contributed by atoms with van der Waals surface area (Å²) in [6.45, 7) is 3.08. The first-order valence-corrected chi connectivity index (χ1v) is 8.71. The first kappa shape index (κ1) is 23.2. The van der Waals surface area contributed by atoms with Gasteiger partial charge in [-0.15, -0.1) is 0 Å². The van der Waals surface area contributed by atoms with E-state index in [2.05, 4.69) is 0 Å². The number of alkyl halides is 6. The molecule has 0 heterocycles. The molecular formula is C20H20F6N2O2. The summed E-state index contributed by atoms with van der Waals surface area (Å²) in [7, 11) is 0. The van der Waals surface area contributed by atoms with Crippen molar-refractivity contribution in [3.8, 4) is 11.5 Å². The Morgan fingerprint density at radius 3 is 1.47 bits per heavy atom. The van der Waals surface area contributed by atoms with Crippen LogP contribution in [0, 0.1) is 0 Å². The van der Waals surface area contributed by atoms with Gasteiger partial charge in [-0.25, -0.2) is 0 Å². The molecule has 0 spiro atoms. The Bertz CT molecular complexity index is 911. The quantitative estimate of drug-likeness (QED) is 0.219. The van der Waals surface area contributed by atoms with Gasteiger partial charge < -0.3 is 21.7 Å². The average molecular weight is 434 g/mol. The SMILES string of the molecule is CCC=CC(C)(c1cc(O)c(N)c(C(F)(F)F)c1)c1cc(O)c(N)c(C(F)(F)F)c1.